The number of hydrogen-bond acceptors (Lipinski definition) is 4. The van der Waals surface area contributed by atoms with Gasteiger partial charge >= 0.3 is 0 Å². The fourth-order valence-electron chi connectivity index (χ4n) is 1.41. The monoisotopic (exact) mass is 262 g/mol. The van der Waals surface area contributed by atoms with Gasteiger partial charge in [0.25, 0.3) is 0 Å². The quantitative estimate of drug-likeness (QED) is 0.796. The Morgan fingerprint density at radius 2 is 2.11 bits per heavy atom. The van der Waals surface area contributed by atoms with Crippen molar-refractivity contribution in [2.24, 2.45) is 0 Å². The van der Waals surface area contributed by atoms with Gasteiger partial charge in [-0.3, -0.25) is 4.79 Å². The van der Waals surface area contributed by atoms with E-state index in [9.17, 15) is 4.79 Å². The van der Waals surface area contributed by atoms with Crippen molar-refractivity contribution in [2.45, 2.75) is 13.8 Å². The molecule has 0 amide bonds. The van der Waals surface area contributed by atoms with Gasteiger partial charge in [0, 0.05) is 11.2 Å². The van der Waals surface area contributed by atoms with E-state index in [1.807, 2.05) is 6.92 Å². The van der Waals surface area contributed by atoms with E-state index < -0.39 is 0 Å². The number of carbonyl (C=O) groups excluding carboxylic acids is 1. The Hall–Kier alpha value is -1.94. The Labute approximate surface area is 110 Å². The molecule has 92 valence electrons. The van der Waals surface area contributed by atoms with Crippen molar-refractivity contribution in [1.82, 2.24) is 9.97 Å². The molecule has 2 rings (SSSR count). The van der Waals surface area contributed by atoms with Crippen LogP contribution >= 0.6 is 11.6 Å². The Bertz CT molecular complexity index is 600. The van der Waals surface area contributed by atoms with Gasteiger partial charge in [0.1, 0.15) is 11.6 Å². The highest BCUT2D eigenvalue weighted by Crippen LogP contribution is 2.26. The molecule has 5 heteroatoms. The van der Waals surface area contributed by atoms with Crippen molar-refractivity contribution in [3.8, 4) is 11.6 Å². The van der Waals surface area contributed by atoms with Crippen LogP contribution in [0.3, 0.4) is 0 Å². The molecule has 0 spiro atoms. The zero-order valence-electron chi connectivity index (χ0n) is 9.98. The average molecular weight is 263 g/mol. The summed E-state index contributed by atoms with van der Waals surface area (Å²) < 4.78 is 5.58. The molecule has 0 radical (unpaired) electrons. The van der Waals surface area contributed by atoms with Crippen LogP contribution in [0.15, 0.2) is 24.4 Å². The van der Waals surface area contributed by atoms with E-state index in [1.165, 1.54) is 6.20 Å². The minimum absolute atomic E-state index is 0.249. The Morgan fingerprint density at radius 3 is 2.78 bits per heavy atom. The third kappa shape index (κ3) is 2.65. The first-order valence-electron chi connectivity index (χ1n) is 5.33. The van der Waals surface area contributed by atoms with Crippen LogP contribution in [0.4, 0.5) is 0 Å². The molecular weight excluding hydrogens is 252 g/mol. The fraction of sp³-hybridized carbons (Fsp3) is 0.154. The van der Waals surface area contributed by atoms with Gasteiger partial charge in [-0.2, -0.15) is 4.98 Å². The molecule has 0 fully saturated rings. The predicted molar refractivity (Wildman–Crippen MR) is 68.4 cm³/mol. The summed E-state index contributed by atoms with van der Waals surface area (Å²) in [6, 6.07) is 5.25. The van der Waals surface area contributed by atoms with E-state index in [-0.39, 0.29) is 5.88 Å². The number of rotatable bonds is 3. The minimum atomic E-state index is 0.249. The lowest BCUT2D eigenvalue weighted by molar-refractivity contribution is 0.112. The number of benzene rings is 1. The summed E-state index contributed by atoms with van der Waals surface area (Å²) in [4.78, 5) is 18.9. The first-order valence-corrected chi connectivity index (χ1v) is 5.71. The van der Waals surface area contributed by atoms with Gasteiger partial charge in [0.05, 0.1) is 5.56 Å². The zero-order valence-corrected chi connectivity index (χ0v) is 10.7. The third-order valence-electron chi connectivity index (χ3n) is 2.37. The molecular formula is C13H11ClN2O2. The van der Waals surface area contributed by atoms with E-state index in [1.54, 1.807) is 25.1 Å². The molecule has 0 saturated carbocycles. The van der Waals surface area contributed by atoms with Crippen LogP contribution in [0.2, 0.25) is 5.02 Å². The highest BCUT2D eigenvalue weighted by atomic mass is 35.5. The van der Waals surface area contributed by atoms with Gasteiger partial charge in [-0.1, -0.05) is 11.6 Å². The summed E-state index contributed by atoms with van der Waals surface area (Å²) in [6.07, 6.45) is 2.10. The molecule has 0 atom stereocenters. The molecule has 0 bridgehead atoms. The van der Waals surface area contributed by atoms with E-state index in [0.29, 0.717) is 28.4 Å². The summed E-state index contributed by atoms with van der Waals surface area (Å²) in [5.41, 5.74) is 1.21. The number of halogens is 1. The van der Waals surface area contributed by atoms with Crippen molar-refractivity contribution in [3.05, 3.63) is 46.4 Å². The summed E-state index contributed by atoms with van der Waals surface area (Å²) in [5.74, 6) is 1.37. The first-order chi connectivity index (χ1) is 8.60. The Balaban J connectivity index is 2.35. The van der Waals surface area contributed by atoms with Crippen molar-refractivity contribution in [2.75, 3.05) is 0 Å². The highest BCUT2D eigenvalue weighted by Gasteiger charge is 2.08. The normalized spacial score (nSPS) is 10.2. The molecule has 0 aliphatic rings. The molecule has 2 aromatic rings. The highest BCUT2D eigenvalue weighted by molar-refractivity contribution is 6.31. The first kappa shape index (κ1) is 12.5. The number of aldehydes is 1. The second-order valence-electron chi connectivity index (χ2n) is 3.81. The van der Waals surface area contributed by atoms with Crippen molar-refractivity contribution in [1.29, 1.82) is 0 Å². The molecule has 0 aliphatic heterocycles. The molecule has 1 aromatic heterocycles. The molecule has 0 N–H and O–H groups in total. The summed E-state index contributed by atoms with van der Waals surface area (Å²) in [6.45, 7) is 3.61. The number of ether oxygens (including phenoxy) is 1. The number of hydrogen-bond donors (Lipinski definition) is 0. The Morgan fingerprint density at radius 1 is 1.33 bits per heavy atom. The molecule has 1 heterocycles. The summed E-state index contributed by atoms with van der Waals surface area (Å²) in [7, 11) is 0. The number of nitrogens with zero attached hydrogens (tertiary/aromatic N) is 2. The summed E-state index contributed by atoms with van der Waals surface area (Å²) >= 11 is 5.93. The standard InChI is InChI=1S/C13H11ClN2O2/c1-8-5-11(3-4-12(8)14)18-13-10(7-17)6-15-9(2)16-13/h3-7H,1-2H3. The Kier molecular flexibility index (Phi) is 3.58. The molecule has 4 nitrogen and oxygen atoms in total. The lowest BCUT2D eigenvalue weighted by Gasteiger charge is -2.08. The van der Waals surface area contributed by atoms with Gasteiger partial charge in [0.15, 0.2) is 6.29 Å². The largest absolute Gasteiger partial charge is 0.438 e. The van der Waals surface area contributed by atoms with E-state index in [0.717, 1.165) is 5.56 Å². The second-order valence-corrected chi connectivity index (χ2v) is 4.22. The lowest BCUT2D eigenvalue weighted by atomic mass is 10.2. The number of aromatic nitrogens is 2. The van der Waals surface area contributed by atoms with Gasteiger partial charge in [-0.05, 0) is 37.6 Å². The van der Waals surface area contributed by atoms with Gasteiger partial charge < -0.3 is 4.74 Å². The van der Waals surface area contributed by atoms with Gasteiger partial charge in [-0.25, -0.2) is 4.98 Å². The van der Waals surface area contributed by atoms with E-state index >= 15 is 0 Å². The van der Waals surface area contributed by atoms with Crippen LogP contribution in [0.1, 0.15) is 21.7 Å². The van der Waals surface area contributed by atoms with Crippen LogP contribution in [0.25, 0.3) is 0 Å². The molecule has 0 unspecified atom stereocenters. The van der Waals surface area contributed by atoms with Crippen LogP contribution < -0.4 is 4.74 Å². The third-order valence-corrected chi connectivity index (χ3v) is 2.80. The van der Waals surface area contributed by atoms with Gasteiger partial charge in [0.2, 0.25) is 5.88 Å². The molecule has 18 heavy (non-hydrogen) atoms. The van der Waals surface area contributed by atoms with Crippen molar-refractivity contribution in [3.63, 3.8) is 0 Å². The average Bonchev–Trinajstić information content (AvgIpc) is 2.34. The number of aryl methyl sites for hydroxylation is 2. The van der Waals surface area contributed by atoms with Crippen molar-refractivity contribution >= 4 is 17.9 Å². The maximum atomic E-state index is 10.9. The van der Waals surface area contributed by atoms with Crippen LogP contribution in [-0.4, -0.2) is 16.3 Å². The van der Waals surface area contributed by atoms with E-state index in [2.05, 4.69) is 9.97 Å². The second kappa shape index (κ2) is 5.14. The van der Waals surface area contributed by atoms with E-state index in [4.69, 9.17) is 16.3 Å². The SMILES string of the molecule is Cc1ncc(C=O)c(Oc2ccc(Cl)c(C)c2)n1. The smallest absolute Gasteiger partial charge is 0.233 e. The zero-order chi connectivity index (χ0) is 13.1. The topological polar surface area (TPSA) is 52.1 Å². The fourth-order valence-corrected chi connectivity index (χ4v) is 1.53. The van der Waals surface area contributed by atoms with Crippen LogP contribution in [0, 0.1) is 13.8 Å². The maximum absolute atomic E-state index is 10.9. The molecule has 0 aliphatic carbocycles. The summed E-state index contributed by atoms with van der Waals surface area (Å²) in [5, 5.41) is 0.664. The molecule has 0 saturated heterocycles. The van der Waals surface area contributed by atoms with Crippen molar-refractivity contribution < 1.29 is 9.53 Å². The van der Waals surface area contributed by atoms with Crippen LogP contribution in [0.5, 0.6) is 11.6 Å². The van der Waals surface area contributed by atoms with Crippen LogP contribution in [-0.2, 0) is 0 Å². The van der Waals surface area contributed by atoms with Gasteiger partial charge in [-0.15, -0.1) is 0 Å². The number of carbonyl (C=O) groups is 1. The molecule has 1 aromatic carbocycles. The minimum Gasteiger partial charge on any atom is -0.438 e. The lowest BCUT2D eigenvalue weighted by Crippen LogP contribution is -1.98. The predicted octanol–water partition coefficient (Wildman–Crippen LogP) is 3.35. The maximum Gasteiger partial charge on any atom is 0.233 e.